The van der Waals surface area contributed by atoms with Gasteiger partial charge in [0.25, 0.3) is 0 Å². The number of carbonyl (C=O) groups is 1. The van der Waals surface area contributed by atoms with E-state index in [9.17, 15) is 4.79 Å². The molecule has 0 saturated heterocycles. The number of pyridine rings is 1. The molecule has 1 aliphatic rings. The Labute approximate surface area is 146 Å². The van der Waals surface area contributed by atoms with Crippen molar-refractivity contribution in [1.29, 1.82) is 5.26 Å². The van der Waals surface area contributed by atoms with Crippen molar-refractivity contribution in [3.05, 3.63) is 42.1 Å². The zero-order valence-electron chi connectivity index (χ0n) is 14.3. The Hall–Kier alpha value is -3.08. The average molecular weight is 340 g/mol. The molecule has 8 heteroatoms. The maximum atomic E-state index is 12.4. The quantitative estimate of drug-likeness (QED) is 0.841. The van der Waals surface area contributed by atoms with Crippen molar-refractivity contribution in [3.8, 4) is 11.9 Å². The summed E-state index contributed by atoms with van der Waals surface area (Å²) in [6.45, 7) is 2.27. The number of nitrogens with zero attached hydrogens (tertiary/aromatic N) is 6. The van der Waals surface area contributed by atoms with Crippen LogP contribution in [-0.4, -0.2) is 57.6 Å². The molecule has 0 bridgehead atoms. The third-order valence-electron chi connectivity index (χ3n) is 4.07. The minimum absolute atomic E-state index is 0.0313. The van der Waals surface area contributed by atoms with Crippen LogP contribution >= 0.6 is 0 Å². The fraction of sp³-hybridized carbons (Fsp3) is 0.412. The minimum Gasteiger partial charge on any atom is -0.477 e. The van der Waals surface area contributed by atoms with E-state index in [1.807, 2.05) is 6.07 Å². The SMILES string of the molecule is CN(C)C(=O)N1Cc2cncn2CC(COc2ccc(C#N)cn2)C1. The summed E-state index contributed by atoms with van der Waals surface area (Å²) >= 11 is 0. The van der Waals surface area contributed by atoms with Gasteiger partial charge >= 0.3 is 6.03 Å². The summed E-state index contributed by atoms with van der Waals surface area (Å²) in [6, 6.07) is 5.35. The summed E-state index contributed by atoms with van der Waals surface area (Å²) in [5.74, 6) is 0.580. The molecule has 1 atom stereocenters. The molecular weight excluding hydrogens is 320 g/mol. The number of aromatic nitrogens is 3. The number of rotatable bonds is 3. The minimum atomic E-state index is -0.0313. The average Bonchev–Trinajstić information content (AvgIpc) is 2.97. The van der Waals surface area contributed by atoms with Crippen LogP contribution in [0.3, 0.4) is 0 Å². The number of amides is 2. The topological polar surface area (TPSA) is 87.3 Å². The van der Waals surface area contributed by atoms with Crippen molar-refractivity contribution < 1.29 is 9.53 Å². The highest BCUT2D eigenvalue weighted by atomic mass is 16.5. The summed E-state index contributed by atoms with van der Waals surface area (Å²) in [7, 11) is 3.49. The number of urea groups is 1. The summed E-state index contributed by atoms with van der Waals surface area (Å²) in [4.78, 5) is 24.1. The van der Waals surface area contributed by atoms with Crippen molar-refractivity contribution in [3.63, 3.8) is 0 Å². The van der Waals surface area contributed by atoms with Crippen LogP contribution in [0.15, 0.2) is 30.9 Å². The molecule has 1 aliphatic heterocycles. The predicted octanol–water partition coefficient (Wildman–Crippen LogP) is 1.34. The lowest BCUT2D eigenvalue weighted by molar-refractivity contribution is 0.145. The third-order valence-corrected chi connectivity index (χ3v) is 4.07. The Balaban J connectivity index is 1.71. The second-order valence-electron chi connectivity index (χ2n) is 6.27. The Morgan fingerprint density at radius 3 is 2.92 bits per heavy atom. The molecule has 0 saturated carbocycles. The highest BCUT2D eigenvalue weighted by Gasteiger charge is 2.26. The Morgan fingerprint density at radius 2 is 2.24 bits per heavy atom. The van der Waals surface area contributed by atoms with Crippen molar-refractivity contribution in [2.24, 2.45) is 5.92 Å². The van der Waals surface area contributed by atoms with Crippen LogP contribution in [-0.2, 0) is 13.1 Å². The number of hydrogen-bond acceptors (Lipinski definition) is 5. The van der Waals surface area contributed by atoms with Gasteiger partial charge in [-0.1, -0.05) is 0 Å². The van der Waals surface area contributed by atoms with E-state index in [-0.39, 0.29) is 11.9 Å². The van der Waals surface area contributed by atoms with Crippen LogP contribution in [0.4, 0.5) is 4.79 Å². The molecule has 0 N–H and O–H groups in total. The molecule has 0 spiro atoms. The second-order valence-corrected chi connectivity index (χ2v) is 6.27. The number of imidazole rings is 1. The molecule has 0 radical (unpaired) electrons. The summed E-state index contributed by atoms with van der Waals surface area (Å²) in [6.07, 6.45) is 5.06. The fourth-order valence-electron chi connectivity index (χ4n) is 2.82. The van der Waals surface area contributed by atoms with Gasteiger partial charge in [0, 0.05) is 51.6 Å². The van der Waals surface area contributed by atoms with E-state index in [0.717, 1.165) is 12.2 Å². The van der Waals surface area contributed by atoms with E-state index in [4.69, 9.17) is 10.00 Å². The zero-order chi connectivity index (χ0) is 17.8. The van der Waals surface area contributed by atoms with Crippen molar-refractivity contribution >= 4 is 6.03 Å². The maximum Gasteiger partial charge on any atom is 0.319 e. The highest BCUT2D eigenvalue weighted by Crippen LogP contribution is 2.18. The van der Waals surface area contributed by atoms with E-state index < -0.39 is 0 Å². The van der Waals surface area contributed by atoms with Gasteiger partial charge in [0.1, 0.15) is 6.07 Å². The van der Waals surface area contributed by atoms with E-state index >= 15 is 0 Å². The van der Waals surface area contributed by atoms with Crippen LogP contribution in [0, 0.1) is 17.2 Å². The van der Waals surface area contributed by atoms with Crippen molar-refractivity contribution in [1.82, 2.24) is 24.3 Å². The maximum absolute atomic E-state index is 12.4. The normalized spacial score (nSPS) is 16.5. The van der Waals surface area contributed by atoms with Gasteiger partial charge in [-0.3, -0.25) is 0 Å². The molecule has 0 fully saturated rings. The predicted molar refractivity (Wildman–Crippen MR) is 89.7 cm³/mol. The lowest BCUT2D eigenvalue weighted by atomic mass is 10.1. The molecule has 0 aromatic carbocycles. The number of carbonyl (C=O) groups excluding carboxylic acids is 1. The molecule has 3 rings (SSSR count). The molecule has 2 aromatic rings. The van der Waals surface area contributed by atoms with Gasteiger partial charge in [-0.05, 0) is 6.07 Å². The van der Waals surface area contributed by atoms with Crippen LogP contribution in [0.25, 0.3) is 0 Å². The fourth-order valence-corrected chi connectivity index (χ4v) is 2.82. The van der Waals surface area contributed by atoms with Gasteiger partial charge in [0.05, 0.1) is 30.7 Å². The zero-order valence-corrected chi connectivity index (χ0v) is 14.3. The molecule has 3 heterocycles. The van der Waals surface area contributed by atoms with E-state index in [1.54, 1.807) is 48.6 Å². The standard InChI is InChI=1S/C17H20N6O2/c1-21(2)17(24)22-8-14(9-23-12-19-7-15(23)10-22)11-25-16-4-3-13(5-18)6-20-16/h3-4,6-7,12,14H,8-11H2,1-2H3. The lowest BCUT2D eigenvalue weighted by Gasteiger charge is -2.27. The smallest absolute Gasteiger partial charge is 0.319 e. The second kappa shape index (κ2) is 7.21. The molecule has 25 heavy (non-hydrogen) atoms. The van der Waals surface area contributed by atoms with E-state index in [2.05, 4.69) is 14.5 Å². The van der Waals surface area contributed by atoms with Crippen LogP contribution in [0.5, 0.6) is 5.88 Å². The number of ether oxygens (including phenoxy) is 1. The largest absolute Gasteiger partial charge is 0.477 e. The van der Waals surface area contributed by atoms with Gasteiger partial charge in [0.2, 0.25) is 5.88 Å². The molecule has 1 unspecified atom stereocenters. The summed E-state index contributed by atoms with van der Waals surface area (Å²) in [5, 5.41) is 8.81. The Kier molecular flexibility index (Phi) is 4.84. The lowest BCUT2D eigenvalue weighted by Crippen LogP contribution is -2.41. The van der Waals surface area contributed by atoms with Gasteiger partial charge < -0.3 is 19.1 Å². The van der Waals surface area contributed by atoms with Crippen molar-refractivity contribution in [2.45, 2.75) is 13.1 Å². The third kappa shape index (κ3) is 3.88. The number of fused-ring (bicyclic) bond motifs is 1. The van der Waals surface area contributed by atoms with Crippen LogP contribution in [0.2, 0.25) is 0 Å². The molecule has 2 amide bonds. The first-order chi connectivity index (χ1) is 12.1. The van der Waals surface area contributed by atoms with E-state index in [0.29, 0.717) is 31.1 Å². The first-order valence-corrected chi connectivity index (χ1v) is 8.01. The Bertz CT molecular complexity index is 777. The Morgan fingerprint density at radius 1 is 1.40 bits per heavy atom. The summed E-state index contributed by atoms with van der Waals surface area (Å²) in [5.41, 5.74) is 1.50. The molecular formula is C17H20N6O2. The van der Waals surface area contributed by atoms with Crippen molar-refractivity contribution in [2.75, 3.05) is 27.2 Å². The van der Waals surface area contributed by atoms with E-state index in [1.165, 1.54) is 6.20 Å². The molecule has 0 aliphatic carbocycles. The molecule has 2 aromatic heterocycles. The molecule has 8 nitrogen and oxygen atoms in total. The molecule has 130 valence electrons. The number of nitriles is 1. The van der Waals surface area contributed by atoms with Gasteiger partial charge in [-0.2, -0.15) is 5.26 Å². The summed E-state index contributed by atoms with van der Waals surface area (Å²) < 4.78 is 7.83. The van der Waals surface area contributed by atoms with Gasteiger partial charge in [-0.25, -0.2) is 14.8 Å². The first kappa shape index (κ1) is 16.8. The van der Waals surface area contributed by atoms with Crippen LogP contribution in [0.1, 0.15) is 11.3 Å². The monoisotopic (exact) mass is 340 g/mol. The van der Waals surface area contributed by atoms with Gasteiger partial charge in [-0.15, -0.1) is 0 Å². The van der Waals surface area contributed by atoms with Crippen LogP contribution < -0.4 is 4.74 Å². The highest BCUT2D eigenvalue weighted by molar-refractivity contribution is 5.73. The first-order valence-electron chi connectivity index (χ1n) is 8.01. The number of hydrogen-bond donors (Lipinski definition) is 0. The van der Waals surface area contributed by atoms with Gasteiger partial charge in [0.15, 0.2) is 0 Å².